The lowest BCUT2D eigenvalue weighted by atomic mass is 10.0. The van der Waals surface area contributed by atoms with Gasteiger partial charge in [-0.05, 0) is 12.5 Å². The average Bonchev–Trinajstić information content (AvgIpc) is 3.16. The molecule has 0 aliphatic carbocycles. The van der Waals surface area contributed by atoms with Crippen LogP contribution >= 0.6 is 11.3 Å². The van der Waals surface area contributed by atoms with Gasteiger partial charge in [-0.2, -0.15) is 0 Å². The number of benzene rings is 1. The van der Waals surface area contributed by atoms with Crippen molar-refractivity contribution in [2.45, 2.75) is 25.5 Å². The van der Waals surface area contributed by atoms with E-state index in [1.165, 1.54) is 11.3 Å². The molecule has 0 spiro atoms. The van der Waals surface area contributed by atoms with E-state index < -0.39 is 6.10 Å². The third kappa shape index (κ3) is 2.84. The molecule has 1 unspecified atom stereocenters. The lowest BCUT2D eigenvalue weighted by Crippen LogP contribution is -2.29. The van der Waals surface area contributed by atoms with E-state index in [1.54, 1.807) is 6.20 Å². The summed E-state index contributed by atoms with van der Waals surface area (Å²) in [5, 5.41) is 12.9. The van der Waals surface area contributed by atoms with E-state index >= 15 is 0 Å². The molecule has 110 valence electrons. The van der Waals surface area contributed by atoms with Crippen LogP contribution in [0.4, 0.5) is 0 Å². The predicted molar refractivity (Wildman–Crippen MR) is 81.8 cm³/mol. The number of likely N-dealkylation sites (tertiary alicyclic amines) is 1. The van der Waals surface area contributed by atoms with Crippen LogP contribution in [0.25, 0.3) is 0 Å². The molecule has 1 aliphatic rings. The Morgan fingerprint density at radius 3 is 2.81 bits per heavy atom. The molecule has 3 atom stereocenters. The summed E-state index contributed by atoms with van der Waals surface area (Å²) in [6.45, 7) is 2.61. The molecule has 21 heavy (non-hydrogen) atoms. The van der Waals surface area contributed by atoms with Crippen molar-refractivity contribution in [1.82, 2.24) is 9.88 Å². The van der Waals surface area contributed by atoms with E-state index in [-0.39, 0.29) is 17.9 Å². The Morgan fingerprint density at radius 2 is 2.14 bits per heavy atom. The van der Waals surface area contributed by atoms with Gasteiger partial charge in [-0.1, -0.05) is 30.3 Å². The van der Waals surface area contributed by atoms with Crippen molar-refractivity contribution in [3.05, 3.63) is 52.5 Å². The highest BCUT2D eigenvalue weighted by atomic mass is 32.1. The molecule has 2 aromatic rings. The van der Waals surface area contributed by atoms with Crippen LogP contribution in [0, 0.1) is 5.92 Å². The molecule has 1 aromatic heterocycles. The summed E-state index contributed by atoms with van der Waals surface area (Å²) in [7, 11) is 0. The van der Waals surface area contributed by atoms with Gasteiger partial charge in [-0.25, -0.2) is 4.98 Å². The Bertz CT molecular complexity index is 600. The van der Waals surface area contributed by atoms with Gasteiger partial charge in [-0.3, -0.25) is 4.79 Å². The topological polar surface area (TPSA) is 53.4 Å². The van der Waals surface area contributed by atoms with E-state index in [1.807, 2.05) is 47.5 Å². The number of aliphatic hydroxyl groups excluding tert-OH is 1. The molecular weight excluding hydrogens is 284 g/mol. The number of carbonyl (C=O) groups is 1. The van der Waals surface area contributed by atoms with Crippen LogP contribution in [-0.2, 0) is 4.79 Å². The minimum absolute atomic E-state index is 0.0344. The molecule has 0 radical (unpaired) electrons. The quantitative estimate of drug-likeness (QED) is 0.945. The zero-order valence-corrected chi connectivity index (χ0v) is 12.7. The Morgan fingerprint density at radius 1 is 1.38 bits per heavy atom. The van der Waals surface area contributed by atoms with Crippen molar-refractivity contribution in [1.29, 1.82) is 0 Å². The summed E-state index contributed by atoms with van der Waals surface area (Å²) in [4.78, 5) is 18.3. The highest BCUT2D eigenvalue weighted by Crippen LogP contribution is 2.35. The summed E-state index contributed by atoms with van der Waals surface area (Å²) < 4.78 is 0. The van der Waals surface area contributed by atoms with Crippen LogP contribution in [0.5, 0.6) is 0 Å². The van der Waals surface area contributed by atoms with Crippen LogP contribution in [0.2, 0.25) is 0 Å². The van der Waals surface area contributed by atoms with Crippen LogP contribution in [0.3, 0.4) is 0 Å². The van der Waals surface area contributed by atoms with E-state index in [0.29, 0.717) is 18.0 Å². The fourth-order valence-corrected chi connectivity index (χ4v) is 3.55. The molecule has 1 fully saturated rings. The summed E-state index contributed by atoms with van der Waals surface area (Å²) in [5.74, 6) is 0.0294. The average molecular weight is 302 g/mol. The number of hydrogen-bond acceptors (Lipinski definition) is 4. The van der Waals surface area contributed by atoms with Crippen molar-refractivity contribution in [3.63, 3.8) is 0 Å². The first kappa shape index (κ1) is 14.2. The van der Waals surface area contributed by atoms with Gasteiger partial charge in [0.2, 0.25) is 5.91 Å². The Labute approximate surface area is 128 Å². The smallest absolute Gasteiger partial charge is 0.223 e. The van der Waals surface area contributed by atoms with E-state index in [0.717, 1.165) is 5.56 Å². The van der Waals surface area contributed by atoms with Gasteiger partial charge in [0.25, 0.3) is 0 Å². The van der Waals surface area contributed by atoms with E-state index in [2.05, 4.69) is 4.98 Å². The van der Waals surface area contributed by atoms with Crippen molar-refractivity contribution in [2.24, 2.45) is 5.92 Å². The van der Waals surface area contributed by atoms with Crippen LogP contribution in [0.15, 0.2) is 41.9 Å². The van der Waals surface area contributed by atoms with Gasteiger partial charge in [0.1, 0.15) is 11.1 Å². The molecule has 1 saturated heterocycles. The fraction of sp³-hybridized carbons (Fsp3) is 0.375. The predicted octanol–water partition coefficient (Wildman–Crippen LogP) is 2.79. The second-order valence-electron chi connectivity index (χ2n) is 5.41. The Kier molecular flexibility index (Phi) is 4.03. The molecule has 3 rings (SSSR count). The van der Waals surface area contributed by atoms with Gasteiger partial charge in [0.05, 0.1) is 6.04 Å². The summed E-state index contributed by atoms with van der Waals surface area (Å²) in [6, 6.07) is 10.0. The number of hydrogen-bond donors (Lipinski definition) is 1. The van der Waals surface area contributed by atoms with Crippen LogP contribution < -0.4 is 0 Å². The second kappa shape index (κ2) is 5.95. The number of aromatic nitrogens is 1. The number of amides is 1. The number of rotatable bonds is 4. The SMILES string of the molecule is C[C@H](c1ccccc1)N1C[C@H](C(O)c2nccs2)CC1=O. The number of carbonyl (C=O) groups excluding carboxylic acids is 1. The van der Waals surface area contributed by atoms with Crippen LogP contribution in [0.1, 0.15) is 36.1 Å². The minimum atomic E-state index is -0.651. The zero-order valence-electron chi connectivity index (χ0n) is 11.8. The maximum Gasteiger partial charge on any atom is 0.223 e. The molecular formula is C16H18N2O2S. The summed E-state index contributed by atoms with van der Waals surface area (Å²) in [5.41, 5.74) is 1.12. The Balaban J connectivity index is 1.73. The van der Waals surface area contributed by atoms with Gasteiger partial charge < -0.3 is 10.0 Å². The third-order valence-electron chi connectivity index (χ3n) is 4.09. The molecule has 0 bridgehead atoms. The molecule has 1 aliphatic heterocycles. The zero-order chi connectivity index (χ0) is 14.8. The molecule has 5 heteroatoms. The molecule has 0 saturated carbocycles. The first-order chi connectivity index (χ1) is 10.2. The molecule has 1 aromatic carbocycles. The number of aliphatic hydroxyl groups is 1. The minimum Gasteiger partial charge on any atom is -0.386 e. The van der Waals surface area contributed by atoms with E-state index in [4.69, 9.17) is 0 Å². The summed E-state index contributed by atoms with van der Waals surface area (Å²) >= 11 is 1.43. The van der Waals surface area contributed by atoms with Crippen molar-refractivity contribution in [3.8, 4) is 0 Å². The normalized spacial score (nSPS) is 21.5. The van der Waals surface area contributed by atoms with Crippen molar-refractivity contribution in [2.75, 3.05) is 6.54 Å². The first-order valence-corrected chi connectivity index (χ1v) is 7.96. The fourth-order valence-electron chi connectivity index (χ4n) is 2.84. The monoisotopic (exact) mass is 302 g/mol. The van der Waals surface area contributed by atoms with Crippen LogP contribution in [-0.4, -0.2) is 27.4 Å². The molecule has 4 nitrogen and oxygen atoms in total. The maximum absolute atomic E-state index is 12.3. The number of nitrogens with zero attached hydrogens (tertiary/aromatic N) is 2. The van der Waals surface area contributed by atoms with Crippen molar-refractivity contribution < 1.29 is 9.90 Å². The van der Waals surface area contributed by atoms with Gasteiger partial charge in [0, 0.05) is 30.5 Å². The number of thiazole rings is 1. The second-order valence-corrected chi connectivity index (χ2v) is 6.34. The summed E-state index contributed by atoms with van der Waals surface area (Å²) in [6.07, 6.45) is 1.42. The maximum atomic E-state index is 12.3. The standard InChI is InChI=1S/C16H18N2O2S/c1-11(12-5-3-2-4-6-12)18-10-13(9-14(18)19)15(20)16-17-7-8-21-16/h2-8,11,13,15,20H,9-10H2,1H3/t11-,13-,15?/m1/s1. The lowest BCUT2D eigenvalue weighted by molar-refractivity contribution is -0.129. The largest absolute Gasteiger partial charge is 0.386 e. The molecule has 2 heterocycles. The van der Waals surface area contributed by atoms with Gasteiger partial charge in [0.15, 0.2) is 0 Å². The molecule has 1 N–H and O–H groups in total. The third-order valence-corrected chi connectivity index (χ3v) is 4.93. The molecule has 1 amide bonds. The van der Waals surface area contributed by atoms with Crippen molar-refractivity contribution >= 4 is 17.2 Å². The highest BCUT2D eigenvalue weighted by Gasteiger charge is 2.38. The first-order valence-electron chi connectivity index (χ1n) is 7.08. The Hall–Kier alpha value is -1.72. The highest BCUT2D eigenvalue weighted by molar-refractivity contribution is 7.09. The lowest BCUT2D eigenvalue weighted by Gasteiger charge is -2.25. The van der Waals surface area contributed by atoms with Gasteiger partial charge in [-0.15, -0.1) is 11.3 Å². The van der Waals surface area contributed by atoms with E-state index in [9.17, 15) is 9.90 Å². The van der Waals surface area contributed by atoms with Gasteiger partial charge >= 0.3 is 0 Å².